The molecule has 0 aliphatic heterocycles. The molecule has 13 heavy (non-hydrogen) atoms. The Morgan fingerprint density at radius 2 is 1.46 bits per heavy atom. The van der Waals surface area contributed by atoms with E-state index in [1.165, 1.54) is 0 Å². The first-order chi connectivity index (χ1) is 6.06. The van der Waals surface area contributed by atoms with Crippen LogP contribution >= 0.6 is 0 Å². The highest BCUT2D eigenvalue weighted by molar-refractivity contribution is 6.43. The monoisotopic (exact) mass is 202 g/mol. The van der Waals surface area contributed by atoms with E-state index in [2.05, 4.69) is 11.8 Å². The largest absolute Gasteiger partial charge is 0.354 e. The normalized spacial score (nSPS) is 13.5. The lowest BCUT2D eigenvalue weighted by molar-refractivity contribution is -0.133. The topological polar surface area (TPSA) is 18.5 Å². The molecule has 0 rings (SSSR count). The van der Waals surface area contributed by atoms with Crippen molar-refractivity contribution in [2.24, 2.45) is 0 Å². The molecule has 0 atom stereocenters. The minimum absolute atomic E-state index is 0.0381. The molecule has 0 aromatic heterocycles. The Morgan fingerprint density at radius 3 is 1.77 bits per heavy atom. The highest BCUT2D eigenvalue weighted by Crippen LogP contribution is 2.02. The lowest BCUT2D eigenvalue weighted by Gasteiger charge is -2.21. The van der Waals surface area contributed by atoms with E-state index in [4.69, 9.17) is 9.47 Å². The molecule has 0 saturated heterocycles. The van der Waals surface area contributed by atoms with Gasteiger partial charge in [0.15, 0.2) is 0 Å². The number of rotatable bonds is 6. The smallest absolute Gasteiger partial charge is 0.139 e. The number of allylic oxidation sites excluding steroid dienone is 1. The van der Waals surface area contributed by atoms with Gasteiger partial charge in [-0.1, -0.05) is 6.08 Å². The second-order valence-electron chi connectivity index (χ2n) is 3.60. The van der Waals surface area contributed by atoms with Crippen molar-refractivity contribution < 1.29 is 9.47 Å². The van der Waals surface area contributed by atoms with Crippen molar-refractivity contribution in [3.05, 3.63) is 11.8 Å². The molecule has 0 N–H and O–H groups in total. The van der Waals surface area contributed by atoms with Gasteiger partial charge in [-0.3, -0.25) is 0 Å². The molecule has 0 aliphatic rings. The fourth-order valence-electron chi connectivity index (χ4n) is 0.998. The second kappa shape index (κ2) is 7.30. The summed E-state index contributed by atoms with van der Waals surface area (Å²) in [6, 6.07) is 0. The molecule has 0 bridgehead atoms. The van der Waals surface area contributed by atoms with E-state index in [0.29, 0.717) is 0 Å². The van der Waals surface area contributed by atoms with E-state index < -0.39 is 0 Å². The molecular weight excluding hydrogens is 180 g/mol. The standard InChI is InChI=1S/C10H22O2Si/c1-6-7-13-10(11-8(2)3)12-9(4)5/h6-10H,13H2,1-5H3. The Morgan fingerprint density at radius 1 is 1.00 bits per heavy atom. The van der Waals surface area contributed by atoms with Crippen LogP contribution in [0.4, 0.5) is 0 Å². The lowest BCUT2D eigenvalue weighted by Crippen LogP contribution is -2.29. The molecule has 0 spiro atoms. The maximum absolute atomic E-state index is 5.65. The maximum Gasteiger partial charge on any atom is 0.139 e. The SMILES string of the molecule is CC=C[SiH2]C(OC(C)C)OC(C)C. The molecule has 0 aliphatic carbocycles. The summed E-state index contributed by atoms with van der Waals surface area (Å²) in [6.07, 6.45) is 2.58. The summed E-state index contributed by atoms with van der Waals surface area (Å²) < 4.78 is 11.3. The third kappa shape index (κ3) is 8.21. The summed E-state index contributed by atoms with van der Waals surface area (Å²) in [5.74, 6) is 0.0381. The van der Waals surface area contributed by atoms with Crippen molar-refractivity contribution in [1.82, 2.24) is 0 Å². The van der Waals surface area contributed by atoms with Crippen LogP contribution in [-0.4, -0.2) is 27.6 Å². The Hall–Kier alpha value is -0.123. The van der Waals surface area contributed by atoms with Gasteiger partial charge in [-0.25, -0.2) is 0 Å². The van der Waals surface area contributed by atoms with Crippen LogP contribution in [-0.2, 0) is 9.47 Å². The molecule has 0 fully saturated rings. The van der Waals surface area contributed by atoms with Crippen LogP contribution in [0.5, 0.6) is 0 Å². The average molecular weight is 202 g/mol. The summed E-state index contributed by atoms with van der Waals surface area (Å²) in [7, 11) is -0.385. The van der Waals surface area contributed by atoms with E-state index in [1.54, 1.807) is 0 Å². The molecule has 2 nitrogen and oxygen atoms in total. The minimum atomic E-state index is -0.385. The molecule has 0 unspecified atom stereocenters. The Balaban J connectivity index is 3.87. The quantitative estimate of drug-likeness (QED) is 0.483. The van der Waals surface area contributed by atoms with Crippen molar-refractivity contribution in [3.63, 3.8) is 0 Å². The van der Waals surface area contributed by atoms with Gasteiger partial charge in [0, 0.05) is 0 Å². The average Bonchev–Trinajstić information content (AvgIpc) is 1.98. The zero-order valence-electron chi connectivity index (χ0n) is 9.41. The maximum atomic E-state index is 5.65. The highest BCUT2D eigenvalue weighted by atomic mass is 28.2. The molecule has 0 radical (unpaired) electrons. The summed E-state index contributed by atoms with van der Waals surface area (Å²) in [4.78, 5) is 0. The van der Waals surface area contributed by atoms with Crippen LogP contribution in [0.2, 0.25) is 0 Å². The van der Waals surface area contributed by atoms with E-state index in [9.17, 15) is 0 Å². The van der Waals surface area contributed by atoms with Crippen molar-refractivity contribution in [2.75, 3.05) is 0 Å². The summed E-state index contributed by atoms with van der Waals surface area (Å²) in [5, 5.41) is 0. The third-order valence-corrected chi connectivity index (χ3v) is 2.93. The van der Waals surface area contributed by atoms with Crippen molar-refractivity contribution in [3.8, 4) is 0 Å². The Bertz CT molecular complexity index is 134. The van der Waals surface area contributed by atoms with E-state index >= 15 is 0 Å². The second-order valence-corrected chi connectivity index (χ2v) is 5.21. The van der Waals surface area contributed by atoms with E-state index in [1.807, 2.05) is 34.6 Å². The molecule has 0 saturated carbocycles. The van der Waals surface area contributed by atoms with Crippen LogP contribution in [0, 0.1) is 0 Å². The summed E-state index contributed by atoms with van der Waals surface area (Å²) >= 11 is 0. The van der Waals surface area contributed by atoms with Gasteiger partial charge in [0.05, 0.1) is 12.2 Å². The first-order valence-electron chi connectivity index (χ1n) is 4.98. The van der Waals surface area contributed by atoms with Gasteiger partial charge in [0.2, 0.25) is 0 Å². The molecule has 0 amide bonds. The molecule has 78 valence electrons. The predicted molar refractivity (Wildman–Crippen MR) is 59.6 cm³/mol. The molecular formula is C10H22O2Si. The summed E-state index contributed by atoms with van der Waals surface area (Å²) in [6.45, 7) is 10.2. The van der Waals surface area contributed by atoms with Gasteiger partial charge >= 0.3 is 0 Å². The number of hydrogen-bond donors (Lipinski definition) is 0. The van der Waals surface area contributed by atoms with Crippen LogP contribution in [0.3, 0.4) is 0 Å². The molecule has 0 heterocycles. The van der Waals surface area contributed by atoms with Crippen LogP contribution in [0.15, 0.2) is 11.8 Å². The predicted octanol–water partition coefficient (Wildman–Crippen LogP) is 1.82. The minimum Gasteiger partial charge on any atom is -0.354 e. The fraction of sp³-hybridized carbons (Fsp3) is 0.800. The molecule has 0 aromatic carbocycles. The Labute approximate surface area is 84.1 Å². The van der Waals surface area contributed by atoms with E-state index in [-0.39, 0.29) is 27.6 Å². The first-order valence-corrected chi connectivity index (χ1v) is 6.61. The molecule has 0 aromatic rings. The highest BCUT2D eigenvalue weighted by Gasteiger charge is 2.11. The zero-order chi connectivity index (χ0) is 10.3. The van der Waals surface area contributed by atoms with Gasteiger partial charge in [-0.2, -0.15) is 0 Å². The lowest BCUT2D eigenvalue weighted by atomic mass is 10.5. The van der Waals surface area contributed by atoms with Crippen LogP contribution in [0.1, 0.15) is 34.6 Å². The number of hydrogen-bond acceptors (Lipinski definition) is 2. The van der Waals surface area contributed by atoms with Crippen molar-refractivity contribution in [2.45, 2.75) is 52.7 Å². The van der Waals surface area contributed by atoms with Gasteiger partial charge in [-0.05, 0) is 34.6 Å². The Kier molecular flexibility index (Phi) is 7.23. The summed E-state index contributed by atoms with van der Waals surface area (Å²) in [5.41, 5.74) is 2.20. The third-order valence-electron chi connectivity index (χ3n) is 1.41. The van der Waals surface area contributed by atoms with E-state index in [0.717, 1.165) is 0 Å². The number of ether oxygens (including phenoxy) is 2. The van der Waals surface area contributed by atoms with Crippen molar-refractivity contribution >= 4 is 9.52 Å². The fourth-order valence-corrected chi connectivity index (χ4v) is 2.48. The van der Waals surface area contributed by atoms with Gasteiger partial charge < -0.3 is 9.47 Å². The van der Waals surface area contributed by atoms with Crippen LogP contribution < -0.4 is 0 Å². The zero-order valence-corrected chi connectivity index (χ0v) is 10.8. The van der Waals surface area contributed by atoms with Gasteiger partial charge in [0.25, 0.3) is 0 Å². The van der Waals surface area contributed by atoms with Gasteiger partial charge in [0.1, 0.15) is 15.4 Å². The van der Waals surface area contributed by atoms with Gasteiger partial charge in [-0.15, -0.1) is 5.70 Å². The van der Waals surface area contributed by atoms with Crippen LogP contribution in [0.25, 0.3) is 0 Å². The first kappa shape index (κ1) is 12.9. The van der Waals surface area contributed by atoms with Crippen molar-refractivity contribution in [1.29, 1.82) is 0 Å². The molecule has 3 heteroatoms.